The van der Waals surface area contributed by atoms with Crippen LogP contribution in [0.15, 0.2) is 24.3 Å². The minimum Gasteiger partial charge on any atom is -0.494 e. The molecule has 1 unspecified atom stereocenters. The van der Waals surface area contributed by atoms with Gasteiger partial charge in [0.15, 0.2) is 0 Å². The van der Waals surface area contributed by atoms with E-state index in [0.717, 1.165) is 50.2 Å². The van der Waals surface area contributed by atoms with Gasteiger partial charge in [-0.15, -0.1) is 0 Å². The fourth-order valence-electron chi connectivity index (χ4n) is 2.42. The summed E-state index contributed by atoms with van der Waals surface area (Å²) in [6.45, 7) is 5.60. The summed E-state index contributed by atoms with van der Waals surface area (Å²) in [5.41, 5.74) is 6.94. The molecule has 1 rings (SSSR count). The first-order valence-corrected chi connectivity index (χ1v) is 10.0. The van der Waals surface area contributed by atoms with Gasteiger partial charge in [0.1, 0.15) is 5.75 Å². The number of hydrogen-bond acceptors (Lipinski definition) is 6. The molecule has 0 aliphatic rings. The van der Waals surface area contributed by atoms with Crippen LogP contribution >= 0.6 is 0 Å². The Labute approximate surface area is 168 Å². The van der Waals surface area contributed by atoms with Gasteiger partial charge in [0.05, 0.1) is 46.1 Å². The van der Waals surface area contributed by atoms with Crippen LogP contribution in [0.1, 0.15) is 50.6 Å². The Morgan fingerprint density at radius 1 is 0.857 bits per heavy atom. The smallest absolute Gasteiger partial charge is 0.305 e. The van der Waals surface area contributed by atoms with Crippen LogP contribution in [-0.2, 0) is 19.0 Å². The Balaban J connectivity index is 1.80. The topological polar surface area (TPSA) is 100 Å². The predicted octanol–water partition coefficient (Wildman–Crippen LogP) is 3.17. The highest BCUT2D eigenvalue weighted by Crippen LogP contribution is 2.16. The number of carboxylic acid groups (broad SMARTS) is 1. The van der Waals surface area contributed by atoms with Crippen LogP contribution in [0.4, 0.5) is 0 Å². The zero-order valence-corrected chi connectivity index (χ0v) is 16.9. The fourth-order valence-corrected chi connectivity index (χ4v) is 2.42. The van der Waals surface area contributed by atoms with Crippen molar-refractivity contribution in [3.05, 3.63) is 29.8 Å². The Morgan fingerprint density at radius 2 is 1.39 bits per heavy atom. The zero-order valence-electron chi connectivity index (χ0n) is 16.9. The van der Waals surface area contributed by atoms with Crippen LogP contribution in [0, 0.1) is 0 Å². The monoisotopic (exact) mass is 397 g/mol. The van der Waals surface area contributed by atoms with Crippen molar-refractivity contribution < 1.29 is 28.8 Å². The van der Waals surface area contributed by atoms with Crippen molar-refractivity contribution in [1.82, 2.24) is 0 Å². The van der Waals surface area contributed by atoms with E-state index in [2.05, 4.69) is 0 Å². The quantitative estimate of drug-likeness (QED) is 0.367. The molecule has 160 valence electrons. The molecule has 0 amide bonds. The van der Waals surface area contributed by atoms with Gasteiger partial charge in [-0.3, -0.25) is 4.79 Å². The second-order valence-corrected chi connectivity index (χ2v) is 6.60. The lowest BCUT2D eigenvalue weighted by atomic mass is 10.1. The summed E-state index contributed by atoms with van der Waals surface area (Å²) in [5.74, 6) is 0.0363. The SMILES string of the molecule is CC(N)c1ccc(OCCCCCCOCCOCCOCCC(=O)O)cc1. The maximum atomic E-state index is 10.3. The van der Waals surface area contributed by atoms with Gasteiger partial charge >= 0.3 is 5.97 Å². The van der Waals surface area contributed by atoms with E-state index >= 15 is 0 Å². The van der Waals surface area contributed by atoms with E-state index in [1.165, 1.54) is 0 Å². The first-order valence-electron chi connectivity index (χ1n) is 10.0. The summed E-state index contributed by atoms with van der Waals surface area (Å²) in [6.07, 6.45) is 4.31. The molecule has 3 N–H and O–H groups in total. The average molecular weight is 398 g/mol. The van der Waals surface area contributed by atoms with Crippen molar-refractivity contribution in [1.29, 1.82) is 0 Å². The third-order valence-corrected chi connectivity index (χ3v) is 4.06. The number of benzene rings is 1. The van der Waals surface area contributed by atoms with Crippen LogP contribution in [0.25, 0.3) is 0 Å². The van der Waals surface area contributed by atoms with E-state index < -0.39 is 5.97 Å². The van der Waals surface area contributed by atoms with Gasteiger partial charge in [0, 0.05) is 12.6 Å². The van der Waals surface area contributed by atoms with Crippen LogP contribution in [0.3, 0.4) is 0 Å². The summed E-state index contributed by atoms with van der Waals surface area (Å²) in [6, 6.07) is 8.00. The molecule has 0 fully saturated rings. The minimum absolute atomic E-state index is 0.0243. The van der Waals surface area contributed by atoms with Crippen LogP contribution in [0.5, 0.6) is 5.75 Å². The number of rotatable bonds is 18. The number of unbranched alkanes of at least 4 members (excludes halogenated alkanes) is 3. The lowest BCUT2D eigenvalue weighted by Crippen LogP contribution is -2.11. The molecule has 0 bridgehead atoms. The first-order chi connectivity index (χ1) is 13.6. The van der Waals surface area contributed by atoms with E-state index in [9.17, 15) is 4.79 Å². The zero-order chi connectivity index (χ0) is 20.5. The highest BCUT2D eigenvalue weighted by atomic mass is 16.5. The van der Waals surface area contributed by atoms with Crippen molar-refractivity contribution in [2.45, 2.75) is 45.1 Å². The summed E-state index contributed by atoms with van der Waals surface area (Å²) in [4.78, 5) is 10.3. The molecule has 7 heteroatoms. The molecule has 0 aromatic heterocycles. The highest BCUT2D eigenvalue weighted by molar-refractivity contribution is 5.66. The summed E-state index contributed by atoms with van der Waals surface area (Å²) in [5, 5.41) is 8.45. The minimum atomic E-state index is -0.853. The summed E-state index contributed by atoms with van der Waals surface area (Å²) >= 11 is 0. The van der Waals surface area contributed by atoms with E-state index in [1.54, 1.807) is 0 Å². The molecule has 0 aliphatic heterocycles. The molecule has 0 radical (unpaired) electrons. The Bertz CT molecular complexity index is 506. The van der Waals surface area contributed by atoms with Gasteiger partial charge in [0.2, 0.25) is 0 Å². The first kappa shape index (κ1) is 24.4. The normalized spacial score (nSPS) is 12.1. The lowest BCUT2D eigenvalue weighted by molar-refractivity contribution is -0.138. The van der Waals surface area contributed by atoms with Crippen LogP contribution in [-0.4, -0.2) is 57.3 Å². The van der Waals surface area contributed by atoms with Gasteiger partial charge in [-0.05, 0) is 43.9 Å². The highest BCUT2D eigenvalue weighted by Gasteiger charge is 2.00. The number of carbonyl (C=O) groups is 1. The van der Waals surface area contributed by atoms with Crippen molar-refractivity contribution in [3.63, 3.8) is 0 Å². The molecular weight excluding hydrogens is 362 g/mol. The molecule has 1 aromatic rings. The molecule has 28 heavy (non-hydrogen) atoms. The van der Waals surface area contributed by atoms with Gasteiger partial charge < -0.3 is 29.8 Å². The number of hydrogen-bond donors (Lipinski definition) is 2. The van der Waals surface area contributed by atoms with Crippen LogP contribution < -0.4 is 10.5 Å². The van der Waals surface area contributed by atoms with Crippen molar-refractivity contribution in [2.24, 2.45) is 5.73 Å². The van der Waals surface area contributed by atoms with E-state index in [0.29, 0.717) is 26.4 Å². The number of carboxylic acids is 1. The fraction of sp³-hybridized carbons (Fsp3) is 0.667. The summed E-state index contributed by atoms with van der Waals surface area (Å²) in [7, 11) is 0. The maximum Gasteiger partial charge on any atom is 0.305 e. The summed E-state index contributed by atoms with van der Waals surface area (Å²) < 4.78 is 21.7. The molecule has 0 spiro atoms. The molecule has 7 nitrogen and oxygen atoms in total. The molecule has 1 atom stereocenters. The predicted molar refractivity (Wildman–Crippen MR) is 108 cm³/mol. The van der Waals surface area contributed by atoms with Crippen LogP contribution in [0.2, 0.25) is 0 Å². The second kappa shape index (κ2) is 16.3. The van der Waals surface area contributed by atoms with Crippen molar-refractivity contribution in [3.8, 4) is 5.75 Å². The maximum absolute atomic E-state index is 10.3. The number of aliphatic carboxylic acids is 1. The largest absolute Gasteiger partial charge is 0.494 e. The molecule has 0 saturated heterocycles. The Kier molecular flexibility index (Phi) is 14.2. The van der Waals surface area contributed by atoms with Gasteiger partial charge in [-0.1, -0.05) is 18.6 Å². The third kappa shape index (κ3) is 13.5. The number of ether oxygens (including phenoxy) is 4. The van der Waals surface area contributed by atoms with Crippen molar-refractivity contribution >= 4 is 5.97 Å². The molecule has 0 heterocycles. The van der Waals surface area contributed by atoms with Gasteiger partial charge in [0.25, 0.3) is 0 Å². The molecule has 1 aromatic carbocycles. The Morgan fingerprint density at radius 3 is 1.96 bits per heavy atom. The van der Waals surface area contributed by atoms with E-state index in [4.69, 9.17) is 29.8 Å². The third-order valence-electron chi connectivity index (χ3n) is 4.06. The molecule has 0 aliphatic carbocycles. The number of nitrogens with two attached hydrogens (primary N) is 1. The average Bonchev–Trinajstić information content (AvgIpc) is 2.67. The van der Waals surface area contributed by atoms with Crippen molar-refractivity contribution in [2.75, 3.05) is 46.2 Å². The van der Waals surface area contributed by atoms with Gasteiger partial charge in [-0.2, -0.15) is 0 Å². The molecular formula is C21H35NO6. The van der Waals surface area contributed by atoms with E-state index in [-0.39, 0.29) is 19.1 Å². The standard InChI is InChI=1S/C21H35NO6/c1-18(22)19-6-8-20(9-7-19)28-12-5-3-2-4-11-25-14-16-27-17-15-26-13-10-21(23)24/h6-9,18H,2-5,10-17,22H2,1H3,(H,23,24). The van der Waals surface area contributed by atoms with E-state index in [1.807, 2.05) is 31.2 Å². The van der Waals surface area contributed by atoms with Gasteiger partial charge in [-0.25, -0.2) is 0 Å². The second-order valence-electron chi connectivity index (χ2n) is 6.60. The lowest BCUT2D eigenvalue weighted by Gasteiger charge is -2.09. The molecule has 0 saturated carbocycles. The Hall–Kier alpha value is -1.67.